The Labute approximate surface area is 119 Å². The highest BCUT2D eigenvalue weighted by Crippen LogP contribution is 2.29. The number of esters is 1. The molecule has 2 heterocycles. The highest BCUT2D eigenvalue weighted by Gasteiger charge is 2.10. The number of thiazole rings is 1. The third-order valence-electron chi connectivity index (χ3n) is 2.85. The zero-order valence-corrected chi connectivity index (χ0v) is 11.5. The molecule has 0 amide bonds. The Morgan fingerprint density at radius 3 is 2.95 bits per heavy atom. The molecule has 0 aliphatic rings. The second kappa shape index (κ2) is 5.30. The van der Waals surface area contributed by atoms with Gasteiger partial charge >= 0.3 is 5.97 Å². The van der Waals surface area contributed by atoms with Crippen LogP contribution in [0.25, 0.3) is 21.8 Å². The fourth-order valence-corrected chi connectivity index (χ4v) is 2.67. The molecule has 3 rings (SSSR count). The minimum atomic E-state index is -0.349. The molecule has 4 nitrogen and oxygen atoms in total. The van der Waals surface area contributed by atoms with Gasteiger partial charge in [-0.2, -0.15) is 0 Å². The van der Waals surface area contributed by atoms with Crippen LogP contribution in [-0.4, -0.2) is 18.1 Å². The molecule has 5 heteroatoms. The Kier molecular flexibility index (Phi) is 3.35. The summed E-state index contributed by atoms with van der Waals surface area (Å²) in [5.74, 6) is -0.349. The summed E-state index contributed by atoms with van der Waals surface area (Å²) in [5.41, 5.74) is 3.22. The predicted octanol–water partition coefficient (Wildman–Crippen LogP) is 3.86. The third-order valence-corrected chi connectivity index (χ3v) is 3.74. The molecule has 0 fully saturated rings. The van der Waals surface area contributed by atoms with E-state index >= 15 is 0 Å². The third kappa shape index (κ3) is 2.35. The smallest absolute Gasteiger partial charge is 0.337 e. The summed E-state index contributed by atoms with van der Waals surface area (Å²) in [6, 6.07) is 9.11. The van der Waals surface area contributed by atoms with Crippen LogP contribution >= 0.6 is 11.3 Å². The van der Waals surface area contributed by atoms with Crippen molar-refractivity contribution in [2.24, 2.45) is 0 Å². The molecule has 0 unspecified atom stereocenters. The lowest BCUT2D eigenvalue weighted by Crippen LogP contribution is -2.00. The highest BCUT2D eigenvalue weighted by atomic mass is 32.1. The van der Waals surface area contributed by atoms with E-state index in [2.05, 4.69) is 4.98 Å². The molecule has 2 aromatic heterocycles. The van der Waals surface area contributed by atoms with Gasteiger partial charge in [0, 0.05) is 16.5 Å². The van der Waals surface area contributed by atoms with E-state index in [9.17, 15) is 4.79 Å². The number of aromatic nitrogens is 1. The zero-order chi connectivity index (χ0) is 13.9. The number of carbonyl (C=O) groups is 1. The monoisotopic (exact) mass is 285 g/mol. The van der Waals surface area contributed by atoms with Crippen molar-refractivity contribution in [3.63, 3.8) is 0 Å². The Bertz CT molecular complexity index is 731. The van der Waals surface area contributed by atoms with Crippen LogP contribution in [0, 0.1) is 0 Å². The average Bonchev–Trinajstić information content (AvgIpc) is 3.17. The van der Waals surface area contributed by atoms with Crippen molar-refractivity contribution in [2.45, 2.75) is 0 Å². The summed E-state index contributed by atoms with van der Waals surface area (Å²) in [7, 11) is 1.37. The average molecular weight is 285 g/mol. The summed E-state index contributed by atoms with van der Waals surface area (Å²) >= 11 is 1.52. The lowest BCUT2D eigenvalue weighted by Gasteiger charge is -2.01. The van der Waals surface area contributed by atoms with E-state index in [0.717, 1.165) is 21.8 Å². The summed E-state index contributed by atoms with van der Waals surface area (Å²) < 4.78 is 9.78. The van der Waals surface area contributed by atoms with Gasteiger partial charge in [0.25, 0.3) is 0 Å². The molecule has 20 heavy (non-hydrogen) atoms. The van der Waals surface area contributed by atoms with E-state index in [0.29, 0.717) is 5.56 Å². The van der Waals surface area contributed by atoms with E-state index < -0.39 is 0 Å². The van der Waals surface area contributed by atoms with E-state index in [-0.39, 0.29) is 5.97 Å². The minimum absolute atomic E-state index is 0.349. The normalized spacial score (nSPS) is 10.4. The van der Waals surface area contributed by atoms with Gasteiger partial charge in [0.1, 0.15) is 5.01 Å². The molecule has 1 aromatic carbocycles. The SMILES string of the molecule is COC(=O)c1cccc(-c2nc(-c3ccoc3)cs2)c1. The molecule has 0 atom stereocenters. The van der Waals surface area contributed by atoms with Gasteiger partial charge in [-0.05, 0) is 18.2 Å². The van der Waals surface area contributed by atoms with Crippen molar-refractivity contribution in [3.05, 3.63) is 53.8 Å². The van der Waals surface area contributed by atoms with Crippen LogP contribution in [0.1, 0.15) is 10.4 Å². The molecular formula is C15H11NO3S. The van der Waals surface area contributed by atoms with Gasteiger partial charge in [-0.15, -0.1) is 11.3 Å². The molecule has 3 aromatic rings. The molecule has 0 saturated heterocycles. The summed E-state index contributed by atoms with van der Waals surface area (Å²) in [5, 5.41) is 2.82. The highest BCUT2D eigenvalue weighted by molar-refractivity contribution is 7.13. The zero-order valence-electron chi connectivity index (χ0n) is 10.7. The number of hydrogen-bond donors (Lipinski definition) is 0. The first kappa shape index (κ1) is 12.6. The van der Waals surface area contributed by atoms with Gasteiger partial charge < -0.3 is 9.15 Å². The number of nitrogens with zero attached hydrogens (tertiary/aromatic N) is 1. The Morgan fingerprint density at radius 1 is 1.30 bits per heavy atom. The quantitative estimate of drug-likeness (QED) is 0.686. The van der Waals surface area contributed by atoms with Crippen molar-refractivity contribution in [1.29, 1.82) is 0 Å². The topological polar surface area (TPSA) is 52.3 Å². The first-order chi connectivity index (χ1) is 9.78. The van der Waals surface area contributed by atoms with Crippen molar-refractivity contribution in [2.75, 3.05) is 7.11 Å². The number of furan rings is 1. The van der Waals surface area contributed by atoms with Crippen LogP contribution in [0.3, 0.4) is 0 Å². The maximum absolute atomic E-state index is 11.5. The predicted molar refractivity (Wildman–Crippen MR) is 76.6 cm³/mol. The van der Waals surface area contributed by atoms with E-state index in [4.69, 9.17) is 9.15 Å². The van der Waals surface area contributed by atoms with E-state index in [1.165, 1.54) is 18.4 Å². The summed E-state index contributed by atoms with van der Waals surface area (Å²) in [6.07, 6.45) is 3.27. The van der Waals surface area contributed by atoms with Gasteiger partial charge in [-0.1, -0.05) is 12.1 Å². The van der Waals surface area contributed by atoms with Gasteiger partial charge in [-0.25, -0.2) is 9.78 Å². The molecule has 0 saturated carbocycles. The summed E-state index contributed by atoms with van der Waals surface area (Å²) in [6.45, 7) is 0. The number of carbonyl (C=O) groups excluding carboxylic acids is 1. The molecule has 100 valence electrons. The van der Waals surface area contributed by atoms with Gasteiger partial charge in [0.15, 0.2) is 0 Å². The Hall–Kier alpha value is -2.40. The second-order valence-corrected chi connectivity index (χ2v) is 4.98. The molecule has 0 N–H and O–H groups in total. The van der Waals surface area contributed by atoms with Crippen molar-refractivity contribution >= 4 is 17.3 Å². The van der Waals surface area contributed by atoms with Crippen LogP contribution < -0.4 is 0 Å². The molecule has 0 spiro atoms. The first-order valence-corrected chi connectivity index (χ1v) is 6.83. The lowest BCUT2D eigenvalue weighted by atomic mass is 10.1. The number of rotatable bonds is 3. The molecular weight excluding hydrogens is 274 g/mol. The minimum Gasteiger partial charge on any atom is -0.472 e. The fraction of sp³-hybridized carbons (Fsp3) is 0.0667. The molecule has 0 aliphatic carbocycles. The van der Waals surface area contributed by atoms with Gasteiger partial charge in [0.05, 0.1) is 30.9 Å². The number of hydrogen-bond acceptors (Lipinski definition) is 5. The van der Waals surface area contributed by atoms with Crippen LogP contribution in [0.5, 0.6) is 0 Å². The number of methoxy groups -OCH3 is 1. The largest absolute Gasteiger partial charge is 0.472 e. The van der Waals surface area contributed by atoms with Gasteiger partial charge in [0.2, 0.25) is 0 Å². The number of benzene rings is 1. The maximum Gasteiger partial charge on any atom is 0.337 e. The number of ether oxygens (including phenoxy) is 1. The molecule has 0 bridgehead atoms. The van der Waals surface area contributed by atoms with E-state index in [1.54, 1.807) is 24.7 Å². The summed E-state index contributed by atoms with van der Waals surface area (Å²) in [4.78, 5) is 16.1. The van der Waals surface area contributed by atoms with Crippen LogP contribution in [0.2, 0.25) is 0 Å². The van der Waals surface area contributed by atoms with Crippen molar-refractivity contribution in [3.8, 4) is 21.8 Å². The first-order valence-electron chi connectivity index (χ1n) is 5.95. The standard InChI is InChI=1S/C15H11NO3S/c1-18-15(17)11-4-2-3-10(7-11)14-16-13(9-20-14)12-5-6-19-8-12/h2-9H,1H3. The lowest BCUT2D eigenvalue weighted by molar-refractivity contribution is 0.0601. The van der Waals surface area contributed by atoms with Crippen LogP contribution in [-0.2, 0) is 4.74 Å². The maximum atomic E-state index is 11.5. The Morgan fingerprint density at radius 2 is 2.20 bits per heavy atom. The van der Waals surface area contributed by atoms with Crippen molar-refractivity contribution in [1.82, 2.24) is 4.98 Å². The Balaban J connectivity index is 1.95. The molecule has 0 radical (unpaired) electrons. The van der Waals surface area contributed by atoms with E-state index in [1.807, 2.05) is 23.6 Å². The van der Waals surface area contributed by atoms with Crippen LogP contribution in [0.15, 0.2) is 52.7 Å². The van der Waals surface area contributed by atoms with Gasteiger partial charge in [-0.3, -0.25) is 0 Å². The van der Waals surface area contributed by atoms with Crippen molar-refractivity contribution < 1.29 is 13.9 Å². The van der Waals surface area contributed by atoms with Crippen LogP contribution in [0.4, 0.5) is 0 Å². The fourth-order valence-electron chi connectivity index (χ4n) is 1.85. The molecule has 0 aliphatic heterocycles. The second-order valence-electron chi connectivity index (χ2n) is 4.12.